The lowest BCUT2D eigenvalue weighted by molar-refractivity contribution is 0.304. The molecule has 0 bridgehead atoms. The van der Waals surface area contributed by atoms with Gasteiger partial charge in [0.1, 0.15) is 23.5 Å². The standard InChI is InChI=1S/C26H38N2O/c1-2-3-4-5-6-7-8-9-10-11-12-13-14-15-20-29-26-18-16-24(17-19-26)21-25(22-27)23-28/h16-19,21H,2-15,20H2,1H3. The van der Waals surface area contributed by atoms with Crippen molar-refractivity contribution >= 4 is 6.08 Å². The molecule has 1 rings (SSSR count). The third-order valence-corrected chi connectivity index (χ3v) is 5.20. The molecule has 0 unspecified atom stereocenters. The van der Waals surface area contributed by atoms with Crippen LogP contribution in [0.1, 0.15) is 102 Å². The zero-order valence-corrected chi connectivity index (χ0v) is 18.3. The maximum atomic E-state index is 8.78. The predicted molar refractivity (Wildman–Crippen MR) is 121 cm³/mol. The predicted octanol–water partition coefficient (Wildman–Crippen LogP) is 7.98. The van der Waals surface area contributed by atoms with E-state index in [4.69, 9.17) is 15.3 Å². The molecule has 0 aromatic heterocycles. The summed E-state index contributed by atoms with van der Waals surface area (Å²) >= 11 is 0. The van der Waals surface area contributed by atoms with Gasteiger partial charge in [0.2, 0.25) is 0 Å². The van der Waals surface area contributed by atoms with E-state index in [0.717, 1.165) is 24.3 Å². The minimum absolute atomic E-state index is 0.112. The van der Waals surface area contributed by atoms with Crippen LogP contribution >= 0.6 is 0 Å². The summed E-state index contributed by atoms with van der Waals surface area (Å²) in [6, 6.07) is 11.3. The van der Waals surface area contributed by atoms with E-state index in [2.05, 4.69) is 6.92 Å². The maximum Gasteiger partial charge on any atom is 0.130 e. The highest BCUT2D eigenvalue weighted by molar-refractivity contribution is 5.62. The third kappa shape index (κ3) is 13.5. The largest absolute Gasteiger partial charge is 0.494 e. The number of unbranched alkanes of at least 4 members (excludes halogenated alkanes) is 13. The van der Waals surface area contributed by atoms with Crippen LogP contribution in [0.25, 0.3) is 6.08 Å². The quantitative estimate of drug-likeness (QED) is 0.199. The molecule has 0 saturated carbocycles. The molecule has 0 N–H and O–H groups in total. The lowest BCUT2D eigenvalue weighted by Gasteiger charge is -2.06. The molecule has 0 amide bonds. The summed E-state index contributed by atoms with van der Waals surface area (Å²) in [7, 11) is 0. The minimum atomic E-state index is 0.112. The van der Waals surface area contributed by atoms with Gasteiger partial charge in [-0.1, -0.05) is 103 Å². The number of nitriles is 2. The second-order valence-corrected chi connectivity index (χ2v) is 7.80. The van der Waals surface area contributed by atoms with Gasteiger partial charge in [0.05, 0.1) is 6.61 Å². The zero-order chi connectivity index (χ0) is 21.0. The normalized spacial score (nSPS) is 10.2. The van der Waals surface area contributed by atoms with Gasteiger partial charge >= 0.3 is 0 Å². The van der Waals surface area contributed by atoms with Crippen molar-refractivity contribution in [3.63, 3.8) is 0 Å². The van der Waals surface area contributed by atoms with Crippen LogP contribution in [0.5, 0.6) is 5.75 Å². The highest BCUT2D eigenvalue weighted by atomic mass is 16.5. The lowest BCUT2D eigenvalue weighted by Crippen LogP contribution is -1.97. The van der Waals surface area contributed by atoms with Crippen molar-refractivity contribution in [2.24, 2.45) is 0 Å². The molecular formula is C26H38N2O. The molecule has 158 valence electrons. The topological polar surface area (TPSA) is 56.8 Å². The van der Waals surface area contributed by atoms with E-state index in [9.17, 15) is 0 Å². The fourth-order valence-corrected chi connectivity index (χ4v) is 3.40. The van der Waals surface area contributed by atoms with Gasteiger partial charge in [-0.2, -0.15) is 10.5 Å². The van der Waals surface area contributed by atoms with Crippen LogP contribution in [-0.2, 0) is 0 Å². The summed E-state index contributed by atoms with van der Waals surface area (Å²) in [5, 5.41) is 17.6. The molecule has 0 aliphatic rings. The van der Waals surface area contributed by atoms with Crippen LogP contribution in [-0.4, -0.2) is 6.61 Å². The number of hydrogen-bond donors (Lipinski definition) is 0. The van der Waals surface area contributed by atoms with Gasteiger partial charge in [0.15, 0.2) is 0 Å². The van der Waals surface area contributed by atoms with Crippen molar-refractivity contribution in [1.29, 1.82) is 10.5 Å². The van der Waals surface area contributed by atoms with Crippen molar-refractivity contribution in [1.82, 2.24) is 0 Å². The number of allylic oxidation sites excluding steroid dienone is 1. The number of nitrogens with zero attached hydrogens (tertiary/aromatic N) is 2. The molecule has 1 aromatic carbocycles. The van der Waals surface area contributed by atoms with Crippen LogP contribution in [0.4, 0.5) is 0 Å². The van der Waals surface area contributed by atoms with E-state index < -0.39 is 0 Å². The first kappa shape index (κ1) is 24.8. The first-order chi connectivity index (χ1) is 14.3. The Labute approximate surface area is 178 Å². The van der Waals surface area contributed by atoms with Gasteiger partial charge in [-0.05, 0) is 30.2 Å². The van der Waals surface area contributed by atoms with E-state index >= 15 is 0 Å². The second-order valence-electron chi connectivity index (χ2n) is 7.80. The number of hydrogen-bond acceptors (Lipinski definition) is 3. The fourth-order valence-electron chi connectivity index (χ4n) is 3.40. The molecule has 0 radical (unpaired) electrons. The molecular weight excluding hydrogens is 356 g/mol. The summed E-state index contributed by atoms with van der Waals surface area (Å²) in [4.78, 5) is 0. The van der Waals surface area contributed by atoms with Crippen LogP contribution in [0.2, 0.25) is 0 Å². The van der Waals surface area contributed by atoms with E-state index in [1.165, 1.54) is 83.5 Å². The van der Waals surface area contributed by atoms with E-state index in [1.54, 1.807) is 6.08 Å². The average Bonchev–Trinajstić information content (AvgIpc) is 2.75. The number of rotatable bonds is 17. The van der Waals surface area contributed by atoms with E-state index in [0.29, 0.717) is 0 Å². The molecule has 0 aliphatic heterocycles. The zero-order valence-electron chi connectivity index (χ0n) is 18.3. The first-order valence-electron chi connectivity index (χ1n) is 11.5. The van der Waals surface area contributed by atoms with E-state index in [-0.39, 0.29) is 5.57 Å². The second kappa shape index (κ2) is 17.8. The SMILES string of the molecule is CCCCCCCCCCCCCCCCOc1ccc(C=C(C#N)C#N)cc1. The van der Waals surface area contributed by atoms with Gasteiger partial charge in [0, 0.05) is 0 Å². The van der Waals surface area contributed by atoms with Crippen LogP contribution in [0, 0.1) is 22.7 Å². The van der Waals surface area contributed by atoms with Gasteiger partial charge in [-0.25, -0.2) is 0 Å². The van der Waals surface area contributed by atoms with Gasteiger partial charge in [-0.15, -0.1) is 0 Å². The number of ether oxygens (including phenoxy) is 1. The minimum Gasteiger partial charge on any atom is -0.494 e. The Hall–Kier alpha value is -2.26. The molecule has 29 heavy (non-hydrogen) atoms. The van der Waals surface area contributed by atoms with Crippen molar-refractivity contribution < 1.29 is 4.74 Å². The molecule has 0 aliphatic carbocycles. The van der Waals surface area contributed by atoms with E-state index in [1.807, 2.05) is 36.4 Å². The summed E-state index contributed by atoms with van der Waals surface area (Å²) < 4.78 is 5.77. The van der Waals surface area contributed by atoms with Crippen LogP contribution in [0.15, 0.2) is 29.8 Å². The van der Waals surface area contributed by atoms with Crippen molar-refractivity contribution in [2.75, 3.05) is 6.61 Å². The molecule has 3 nitrogen and oxygen atoms in total. The molecule has 0 heterocycles. The first-order valence-corrected chi connectivity index (χ1v) is 11.5. The summed E-state index contributed by atoms with van der Waals surface area (Å²) in [6.07, 6.45) is 20.6. The summed E-state index contributed by atoms with van der Waals surface area (Å²) in [5.74, 6) is 0.840. The van der Waals surface area contributed by atoms with Crippen LogP contribution in [0.3, 0.4) is 0 Å². The number of benzene rings is 1. The third-order valence-electron chi connectivity index (χ3n) is 5.20. The highest BCUT2D eigenvalue weighted by Gasteiger charge is 1.98. The van der Waals surface area contributed by atoms with Gasteiger partial charge < -0.3 is 4.74 Å². The van der Waals surface area contributed by atoms with Crippen molar-refractivity contribution in [3.8, 4) is 17.9 Å². The Morgan fingerprint density at radius 3 is 1.62 bits per heavy atom. The molecule has 0 saturated heterocycles. The Morgan fingerprint density at radius 2 is 1.17 bits per heavy atom. The Morgan fingerprint density at radius 1 is 0.724 bits per heavy atom. The Balaban J connectivity index is 1.94. The smallest absolute Gasteiger partial charge is 0.130 e. The van der Waals surface area contributed by atoms with Crippen molar-refractivity contribution in [3.05, 3.63) is 35.4 Å². The Bertz CT molecular complexity index is 618. The molecule has 1 aromatic rings. The van der Waals surface area contributed by atoms with Crippen molar-refractivity contribution in [2.45, 2.75) is 96.8 Å². The van der Waals surface area contributed by atoms with Gasteiger partial charge in [-0.3, -0.25) is 0 Å². The highest BCUT2D eigenvalue weighted by Crippen LogP contribution is 2.16. The van der Waals surface area contributed by atoms with Crippen LogP contribution < -0.4 is 4.74 Å². The monoisotopic (exact) mass is 394 g/mol. The molecule has 3 heteroatoms. The van der Waals surface area contributed by atoms with Gasteiger partial charge in [0.25, 0.3) is 0 Å². The lowest BCUT2D eigenvalue weighted by atomic mass is 10.0. The summed E-state index contributed by atoms with van der Waals surface area (Å²) in [6.45, 7) is 3.02. The molecule has 0 fully saturated rings. The molecule has 0 spiro atoms. The average molecular weight is 395 g/mol. The summed E-state index contributed by atoms with van der Waals surface area (Å²) in [5.41, 5.74) is 0.952. The molecule has 0 atom stereocenters. The Kier molecular flexibility index (Phi) is 15.2. The maximum absolute atomic E-state index is 8.78. The fraction of sp³-hybridized carbons (Fsp3) is 0.615.